The molecule has 4 heterocycles. The molecule has 1 amide bonds. The standard InChI is InChI=1S/C15H21N3O3/c1-8-12(9(2)16-13(8)15(20)21)14(19)17-11-7-18-5-3-10(11)4-6-18/h10-11,16H,3-7H2,1-2H3,(H,17,19)(H,20,21). The average Bonchev–Trinajstić information content (AvgIpc) is 2.75. The smallest absolute Gasteiger partial charge is 0.352 e. The Morgan fingerprint density at radius 3 is 2.43 bits per heavy atom. The van der Waals surface area contributed by atoms with Gasteiger partial charge in [0.25, 0.3) is 5.91 Å². The molecule has 0 aliphatic carbocycles. The highest BCUT2D eigenvalue weighted by atomic mass is 16.4. The summed E-state index contributed by atoms with van der Waals surface area (Å²) in [6.07, 6.45) is 2.27. The number of hydrogen-bond acceptors (Lipinski definition) is 3. The van der Waals surface area contributed by atoms with Crippen LogP contribution in [0.15, 0.2) is 0 Å². The van der Waals surface area contributed by atoms with Gasteiger partial charge in [-0.25, -0.2) is 4.79 Å². The number of H-pyrrole nitrogens is 1. The Balaban J connectivity index is 1.78. The number of carboxylic acids is 1. The van der Waals surface area contributed by atoms with Gasteiger partial charge in [-0.3, -0.25) is 4.79 Å². The fourth-order valence-corrected chi connectivity index (χ4v) is 3.67. The number of nitrogens with zero attached hydrogens (tertiary/aromatic N) is 1. The first-order chi connectivity index (χ1) is 9.97. The van der Waals surface area contributed by atoms with E-state index in [9.17, 15) is 9.59 Å². The van der Waals surface area contributed by atoms with Crippen LogP contribution < -0.4 is 5.32 Å². The minimum Gasteiger partial charge on any atom is -0.477 e. The lowest BCUT2D eigenvalue weighted by atomic mass is 9.84. The lowest BCUT2D eigenvalue weighted by molar-refractivity contribution is 0.0620. The largest absolute Gasteiger partial charge is 0.477 e. The number of amides is 1. The molecule has 3 aliphatic heterocycles. The van der Waals surface area contributed by atoms with Crippen molar-refractivity contribution in [2.45, 2.75) is 32.7 Å². The summed E-state index contributed by atoms with van der Waals surface area (Å²) in [5.74, 6) is -0.637. The summed E-state index contributed by atoms with van der Waals surface area (Å²) in [6.45, 7) is 6.58. The van der Waals surface area contributed by atoms with E-state index in [0.717, 1.165) is 32.5 Å². The fraction of sp³-hybridized carbons (Fsp3) is 0.600. The van der Waals surface area contributed by atoms with Gasteiger partial charge < -0.3 is 20.3 Å². The van der Waals surface area contributed by atoms with E-state index in [-0.39, 0.29) is 17.6 Å². The number of aromatic amines is 1. The molecule has 3 aliphatic rings. The summed E-state index contributed by atoms with van der Waals surface area (Å²) >= 11 is 0. The van der Waals surface area contributed by atoms with E-state index in [1.165, 1.54) is 0 Å². The normalized spacial score (nSPS) is 27.6. The number of carboxylic acid groups (broad SMARTS) is 1. The lowest BCUT2D eigenvalue weighted by Crippen LogP contribution is -2.57. The third-order valence-electron chi connectivity index (χ3n) is 4.85. The second-order valence-electron chi connectivity index (χ2n) is 6.15. The predicted octanol–water partition coefficient (Wildman–Crippen LogP) is 1.15. The van der Waals surface area contributed by atoms with Gasteiger partial charge in [0.2, 0.25) is 0 Å². The van der Waals surface area contributed by atoms with Crippen LogP contribution in [0.3, 0.4) is 0 Å². The highest BCUT2D eigenvalue weighted by Crippen LogP contribution is 2.28. The number of carbonyl (C=O) groups is 2. The molecule has 3 N–H and O–H groups in total. The fourth-order valence-electron chi connectivity index (χ4n) is 3.67. The van der Waals surface area contributed by atoms with Gasteiger partial charge in [0, 0.05) is 18.3 Å². The topological polar surface area (TPSA) is 85.4 Å². The van der Waals surface area contributed by atoms with Crippen LogP contribution in [0.25, 0.3) is 0 Å². The third kappa shape index (κ3) is 2.44. The first kappa shape index (κ1) is 14.1. The maximum atomic E-state index is 12.5. The summed E-state index contributed by atoms with van der Waals surface area (Å²) in [7, 11) is 0. The SMILES string of the molecule is Cc1[nH]c(C(=O)O)c(C)c1C(=O)NC1CN2CCC1CC2. The summed E-state index contributed by atoms with van der Waals surface area (Å²) < 4.78 is 0. The van der Waals surface area contributed by atoms with Gasteiger partial charge >= 0.3 is 5.97 Å². The molecule has 3 saturated heterocycles. The zero-order chi connectivity index (χ0) is 15.1. The molecule has 0 saturated carbocycles. The van der Waals surface area contributed by atoms with Crippen molar-refractivity contribution in [3.8, 4) is 0 Å². The lowest BCUT2D eigenvalue weighted by Gasteiger charge is -2.44. The molecule has 2 bridgehead atoms. The minimum absolute atomic E-state index is 0.103. The quantitative estimate of drug-likeness (QED) is 0.780. The van der Waals surface area contributed by atoms with Crippen LogP contribution >= 0.6 is 0 Å². The van der Waals surface area contributed by atoms with E-state index in [1.807, 2.05) is 0 Å². The number of aromatic carboxylic acids is 1. The van der Waals surface area contributed by atoms with Gasteiger partial charge in [-0.1, -0.05) is 0 Å². The van der Waals surface area contributed by atoms with Crippen LogP contribution in [-0.4, -0.2) is 52.5 Å². The molecule has 0 spiro atoms. The van der Waals surface area contributed by atoms with Crippen LogP contribution in [0, 0.1) is 19.8 Å². The number of fused-ring (bicyclic) bond motifs is 3. The van der Waals surface area contributed by atoms with Gasteiger partial charge in [0.05, 0.1) is 5.56 Å². The molecule has 0 radical (unpaired) electrons. The van der Waals surface area contributed by atoms with Crippen LogP contribution in [-0.2, 0) is 0 Å². The maximum absolute atomic E-state index is 12.5. The zero-order valence-electron chi connectivity index (χ0n) is 12.4. The van der Waals surface area contributed by atoms with Crippen molar-refractivity contribution in [1.29, 1.82) is 0 Å². The maximum Gasteiger partial charge on any atom is 0.352 e. The van der Waals surface area contributed by atoms with Crippen molar-refractivity contribution < 1.29 is 14.7 Å². The van der Waals surface area contributed by atoms with Gasteiger partial charge in [0.15, 0.2) is 0 Å². The van der Waals surface area contributed by atoms with E-state index in [0.29, 0.717) is 22.7 Å². The zero-order valence-corrected chi connectivity index (χ0v) is 12.4. The van der Waals surface area contributed by atoms with Crippen molar-refractivity contribution in [3.05, 3.63) is 22.5 Å². The third-order valence-corrected chi connectivity index (χ3v) is 4.85. The molecule has 4 rings (SSSR count). The van der Waals surface area contributed by atoms with Crippen LogP contribution in [0.4, 0.5) is 0 Å². The molecular formula is C15H21N3O3. The Bertz CT molecular complexity index is 585. The van der Waals surface area contributed by atoms with Crippen LogP contribution in [0.2, 0.25) is 0 Å². The highest BCUT2D eigenvalue weighted by Gasteiger charge is 2.35. The second kappa shape index (κ2) is 5.18. The number of carbonyl (C=O) groups excluding carboxylic acids is 1. The molecule has 6 heteroatoms. The number of aryl methyl sites for hydroxylation is 1. The van der Waals surface area contributed by atoms with Gasteiger partial charge in [-0.15, -0.1) is 0 Å². The molecule has 1 unspecified atom stereocenters. The van der Waals surface area contributed by atoms with E-state index < -0.39 is 5.97 Å². The Kier molecular flexibility index (Phi) is 3.49. The van der Waals surface area contributed by atoms with Crippen molar-refractivity contribution in [2.24, 2.45) is 5.92 Å². The van der Waals surface area contributed by atoms with Crippen molar-refractivity contribution in [1.82, 2.24) is 15.2 Å². The molecule has 1 atom stereocenters. The molecular weight excluding hydrogens is 270 g/mol. The average molecular weight is 291 g/mol. The summed E-state index contributed by atoms with van der Waals surface area (Å²) in [4.78, 5) is 28.8. The van der Waals surface area contributed by atoms with Crippen molar-refractivity contribution in [3.63, 3.8) is 0 Å². The molecule has 3 fully saturated rings. The van der Waals surface area contributed by atoms with Gasteiger partial charge in [-0.05, 0) is 51.3 Å². The van der Waals surface area contributed by atoms with E-state index in [4.69, 9.17) is 5.11 Å². The number of hydrogen-bond donors (Lipinski definition) is 3. The number of rotatable bonds is 3. The Morgan fingerprint density at radius 2 is 1.95 bits per heavy atom. The molecule has 1 aromatic rings. The highest BCUT2D eigenvalue weighted by molar-refractivity contribution is 6.01. The Morgan fingerprint density at radius 1 is 1.29 bits per heavy atom. The van der Waals surface area contributed by atoms with E-state index in [1.54, 1.807) is 13.8 Å². The number of nitrogens with one attached hydrogen (secondary N) is 2. The van der Waals surface area contributed by atoms with Gasteiger partial charge in [-0.2, -0.15) is 0 Å². The van der Waals surface area contributed by atoms with Gasteiger partial charge in [0.1, 0.15) is 5.69 Å². The molecule has 0 aromatic carbocycles. The Labute approximate surface area is 123 Å². The number of piperidine rings is 3. The molecule has 114 valence electrons. The van der Waals surface area contributed by atoms with E-state index in [2.05, 4.69) is 15.2 Å². The van der Waals surface area contributed by atoms with Crippen LogP contribution in [0.1, 0.15) is 44.9 Å². The Hall–Kier alpha value is -1.82. The van der Waals surface area contributed by atoms with E-state index >= 15 is 0 Å². The predicted molar refractivity (Wildman–Crippen MR) is 77.6 cm³/mol. The monoisotopic (exact) mass is 291 g/mol. The van der Waals surface area contributed by atoms with Crippen molar-refractivity contribution >= 4 is 11.9 Å². The minimum atomic E-state index is -1.03. The second-order valence-corrected chi connectivity index (χ2v) is 6.15. The molecule has 6 nitrogen and oxygen atoms in total. The first-order valence-corrected chi connectivity index (χ1v) is 7.43. The summed E-state index contributed by atoms with van der Waals surface area (Å²) in [5.41, 5.74) is 1.71. The van der Waals surface area contributed by atoms with Crippen molar-refractivity contribution in [2.75, 3.05) is 19.6 Å². The summed E-state index contributed by atoms with van der Waals surface area (Å²) in [5, 5.41) is 12.2. The first-order valence-electron chi connectivity index (χ1n) is 7.43. The number of aromatic nitrogens is 1. The molecule has 1 aromatic heterocycles. The van der Waals surface area contributed by atoms with Crippen LogP contribution in [0.5, 0.6) is 0 Å². The summed E-state index contributed by atoms with van der Waals surface area (Å²) in [6, 6.07) is 0.182. The molecule has 21 heavy (non-hydrogen) atoms.